The second-order valence-corrected chi connectivity index (χ2v) is 19.9. The lowest BCUT2D eigenvalue weighted by Gasteiger charge is -2.18. The van der Waals surface area contributed by atoms with Gasteiger partial charge in [-0.3, -0.25) is 14.4 Å². The summed E-state index contributed by atoms with van der Waals surface area (Å²) in [6.45, 7) is 6.46. The highest BCUT2D eigenvalue weighted by molar-refractivity contribution is 5.71. The van der Waals surface area contributed by atoms with Gasteiger partial charge >= 0.3 is 17.9 Å². The molecule has 0 aromatic rings. The summed E-state index contributed by atoms with van der Waals surface area (Å²) in [6.07, 6.45) is 79.7. The first kappa shape index (κ1) is 68.3. The van der Waals surface area contributed by atoms with Gasteiger partial charge in [-0.2, -0.15) is 0 Å². The van der Waals surface area contributed by atoms with Crippen molar-refractivity contribution in [1.82, 2.24) is 0 Å². The molecule has 412 valence electrons. The molecule has 1 unspecified atom stereocenters. The van der Waals surface area contributed by atoms with Gasteiger partial charge in [-0.05, 0) is 116 Å². The third-order valence-corrected chi connectivity index (χ3v) is 12.8. The molecule has 0 heterocycles. The number of carbonyl (C=O) groups is 3. The van der Waals surface area contributed by atoms with Crippen molar-refractivity contribution in [3.63, 3.8) is 0 Å². The van der Waals surface area contributed by atoms with Gasteiger partial charge in [0.15, 0.2) is 6.10 Å². The van der Waals surface area contributed by atoms with Crippen LogP contribution < -0.4 is 0 Å². The van der Waals surface area contributed by atoms with Crippen LogP contribution in [-0.4, -0.2) is 37.2 Å². The Morgan fingerprint density at radius 2 is 0.556 bits per heavy atom. The molecule has 0 aromatic heterocycles. The molecule has 0 fully saturated rings. The van der Waals surface area contributed by atoms with E-state index in [1.165, 1.54) is 116 Å². The monoisotopic (exact) mass is 1000 g/mol. The number of allylic oxidation sites excluding steroid dienone is 16. The van der Waals surface area contributed by atoms with Crippen LogP contribution in [0.1, 0.15) is 284 Å². The van der Waals surface area contributed by atoms with E-state index >= 15 is 0 Å². The van der Waals surface area contributed by atoms with Crippen LogP contribution in [0.25, 0.3) is 0 Å². The maximum Gasteiger partial charge on any atom is 0.306 e. The summed E-state index contributed by atoms with van der Waals surface area (Å²) in [5, 5.41) is 0. The van der Waals surface area contributed by atoms with Crippen LogP contribution in [0.3, 0.4) is 0 Å². The molecule has 0 aliphatic heterocycles. The summed E-state index contributed by atoms with van der Waals surface area (Å²) in [5.74, 6) is -0.917. The summed E-state index contributed by atoms with van der Waals surface area (Å²) >= 11 is 0. The van der Waals surface area contributed by atoms with Gasteiger partial charge < -0.3 is 14.2 Å². The van der Waals surface area contributed by atoms with Crippen LogP contribution in [0.5, 0.6) is 0 Å². The van der Waals surface area contributed by atoms with Crippen molar-refractivity contribution in [3.8, 4) is 0 Å². The maximum absolute atomic E-state index is 12.9. The molecule has 0 aliphatic rings. The predicted octanol–water partition coefficient (Wildman–Crippen LogP) is 20.5. The van der Waals surface area contributed by atoms with Crippen LogP contribution in [0, 0.1) is 0 Å². The average molecular weight is 1000 g/mol. The highest BCUT2D eigenvalue weighted by Gasteiger charge is 2.19. The highest BCUT2D eigenvalue weighted by Crippen LogP contribution is 2.15. The minimum Gasteiger partial charge on any atom is -0.462 e. The lowest BCUT2D eigenvalue weighted by molar-refractivity contribution is -0.167. The Morgan fingerprint density at radius 1 is 0.292 bits per heavy atom. The summed E-state index contributed by atoms with van der Waals surface area (Å²) in [6, 6.07) is 0. The first-order valence-corrected chi connectivity index (χ1v) is 30.2. The molecular weight excluding hydrogens is 889 g/mol. The normalized spacial score (nSPS) is 12.8. The number of esters is 3. The molecule has 0 rings (SSSR count). The van der Waals surface area contributed by atoms with Gasteiger partial charge in [0.2, 0.25) is 0 Å². The lowest BCUT2D eigenvalue weighted by Crippen LogP contribution is -2.30. The minimum absolute atomic E-state index is 0.0905. The topological polar surface area (TPSA) is 78.9 Å². The second kappa shape index (κ2) is 59.9. The van der Waals surface area contributed by atoms with E-state index in [2.05, 4.69) is 118 Å². The average Bonchev–Trinajstić information content (AvgIpc) is 3.38. The molecule has 1 atom stereocenters. The number of hydrogen-bond acceptors (Lipinski definition) is 6. The van der Waals surface area contributed by atoms with Gasteiger partial charge in [0.25, 0.3) is 0 Å². The Bertz CT molecular complexity index is 1430. The summed E-state index contributed by atoms with van der Waals surface area (Å²) in [5.41, 5.74) is 0. The molecule has 0 bridgehead atoms. The molecule has 0 aliphatic carbocycles. The molecule has 72 heavy (non-hydrogen) atoms. The quantitative estimate of drug-likeness (QED) is 0.0261. The minimum atomic E-state index is -0.795. The molecule has 0 aromatic carbocycles. The summed E-state index contributed by atoms with van der Waals surface area (Å²) < 4.78 is 16.9. The fourth-order valence-corrected chi connectivity index (χ4v) is 8.25. The summed E-state index contributed by atoms with van der Waals surface area (Å²) in [7, 11) is 0. The van der Waals surface area contributed by atoms with Crippen LogP contribution >= 0.6 is 0 Å². The molecule has 0 radical (unpaired) electrons. The third kappa shape index (κ3) is 57.2. The Labute approximate surface area is 445 Å². The number of ether oxygens (including phenoxy) is 3. The van der Waals surface area contributed by atoms with Crippen LogP contribution in [0.15, 0.2) is 97.2 Å². The molecule has 0 spiro atoms. The largest absolute Gasteiger partial charge is 0.462 e. The van der Waals surface area contributed by atoms with Crippen LogP contribution in [0.2, 0.25) is 0 Å². The van der Waals surface area contributed by atoms with E-state index in [-0.39, 0.29) is 31.1 Å². The number of hydrogen-bond donors (Lipinski definition) is 0. The first-order valence-electron chi connectivity index (χ1n) is 30.2. The molecule has 0 amide bonds. The van der Waals surface area contributed by atoms with E-state index in [9.17, 15) is 14.4 Å². The van der Waals surface area contributed by atoms with E-state index in [1.54, 1.807) is 0 Å². The van der Waals surface area contributed by atoms with Crippen LogP contribution in [0.4, 0.5) is 0 Å². The Morgan fingerprint density at radius 3 is 0.889 bits per heavy atom. The van der Waals surface area contributed by atoms with Crippen molar-refractivity contribution >= 4 is 17.9 Å². The van der Waals surface area contributed by atoms with E-state index in [0.29, 0.717) is 19.3 Å². The Balaban J connectivity index is 4.41. The summed E-state index contributed by atoms with van der Waals surface area (Å²) in [4.78, 5) is 38.2. The van der Waals surface area contributed by atoms with Gasteiger partial charge in [-0.1, -0.05) is 246 Å². The van der Waals surface area contributed by atoms with E-state index in [4.69, 9.17) is 14.2 Å². The molecule has 0 N–H and O–H groups in total. The SMILES string of the molecule is CC/C=C\C/C=C\C/C=C\C/C=C\CCCCCCCCC(=O)OC(COC(=O)CCCCCCC/C=C\C/C=C\CCCC)COC(=O)CCCCCCCCCCC/C=C\C/C=C\CCCCCCC. The zero-order valence-corrected chi connectivity index (χ0v) is 47.2. The van der Waals surface area contributed by atoms with E-state index in [1.807, 2.05) is 0 Å². The molecular formula is C66H112O6. The zero-order valence-electron chi connectivity index (χ0n) is 47.2. The molecule has 0 saturated carbocycles. The smallest absolute Gasteiger partial charge is 0.306 e. The lowest BCUT2D eigenvalue weighted by atomic mass is 10.1. The zero-order chi connectivity index (χ0) is 52.2. The highest BCUT2D eigenvalue weighted by atomic mass is 16.6. The van der Waals surface area contributed by atoms with Gasteiger partial charge in [0.1, 0.15) is 13.2 Å². The second-order valence-electron chi connectivity index (χ2n) is 19.9. The number of carbonyl (C=O) groups excluding carboxylic acids is 3. The third-order valence-electron chi connectivity index (χ3n) is 12.8. The van der Waals surface area contributed by atoms with Crippen molar-refractivity contribution in [2.45, 2.75) is 290 Å². The van der Waals surface area contributed by atoms with Gasteiger partial charge in [0.05, 0.1) is 0 Å². The molecule has 0 saturated heterocycles. The number of rotatable bonds is 54. The number of unbranched alkanes of at least 4 members (excludes halogenated alkanes) is 27. The van der Waals surface area contributed by atoms with Crippen molar-refractivity contribution in [3.05, 3.63) is 97.2 Å². The van der Waals surface area contributed by atoms with Gasteiger partial charge in [0, 0.05) is 19.3 Å². The fraction of sp³-hybridized carbons (Fsp3) is 0.712. The Kier molecular flexibility index (Phi) is 56.8. The van der Waals surface area contributed by atoms with Gasteiger partial charge in [-0.15, -0.1) is 0 Å². The Hall–Kier alpha value is -3.67. The van der Waals surface area contributed by atoms with Crippen LogP contribution in [-0.2, 0) is 28.6 Å². The first-order chi connectivity index (χ1) is 35.5. The van der Waals surface area contributed by atoms with Gasteiger partial charge in [-0.25, -0.2) is 0 Å². The van der Waals surface area contributed by atoms with E-state index in [0.717, 1.165) is 128 Å². The fourth-order valence-electron chi connectivity index (χ4n) is 8.25. The molecule has 6 heteroatoms. The van der Waals surface area contributed by atoms with Crippen molar-refractivity contribution in [1.29, 1.82) is 0 Å². The van der Waals surface area contributed by atoms with E-state index < -0.39 is 6.10 Å². The molecule has 6 nitrogen and oxygen atoms in total. The maximum atomic E-state index is 12.9. The van der Waals surface area contributed by atoms with Crippen molar-refractivity contribution in [2.24, 2.45) is 0 Å². The van der Waals surface area contributed by atoms with Crippen molar-refractivity contribution in [2.75, 3.05) is 13.2 Å². The standard InChI is InChI=1S/C66H112O6/c1-4-7-10-13-16-19-22-25-28-30-32-33-35-36-38-41-44-47-50-53-56-59-65(68)71-62-63(61-70-64(67)58-55-52-49-46-43-40-27-24-21-18-15-12-9-6-3)72-66(69)60-57-54-51-48-45-42-39-37-34-31-29-26-23-20-17-14-11-8-5-2/h8,11,15,17-18,20,22,24-27,29-30,32,34,37,63H,4-7,9-10,12-14,16,19,21,23,28,31,33,35-36,38-62H2,1-3H3/b11-8-,18-15-,20-17-,25-22-,27-24-,29-26-,32-30-,37-34-. The van der Waals surface area contributed by atoms with Crippen molar-refractivity contribution < 1.29 is 28.6 Å². The predicted molar refractivity (Wildman–Crippen MR) is 311 cm³/mol.